The molecule has 1 saturated heterocycles. The average molecular weight is 231 g/mol. The molecule has 4 heteroatoms. The first-order chi connectivity index (χ1) is 8.40. The fourth-order valence-electron chi connectivity index (χ4n) is 2.65. The van der Waals surface area contributed by atoms with Gasteiger partial charge >= 0.3 is 0 Å². The van der Waals surface area contributed by atoms with E-state index in [9.17, 15) is 0 Å². The van der Waals surface area contributed by atoms with E-state index in [0.29, 0.717) is 12.0 Å². The lowest BCUT2D eigenvalue weighted by molar-refractivity contribution is 0.178. The Kier molecular flexibility index (Phi) is 2.82. The van der Waals surface area contributed by atoms with E-state index in [2.05, 4.69) is 22.5 Å². The molecule has 2 atom stereocenters. The second-order valence-corrected chi connectivity index (χ2v) is 4.52. The molecule has 2 unspecified atom stereocenters. The Balaban J connectivity index is 2.00. The van der Waals surface area contributed by atoms with Gasteiger partial charge in [0.05, 0.1) is 18.3 Å². The minimum Gasteiger partial charge on any atom is -0.381 e. The quantitative estimate of drug-likeness (QED) is 0.872. The first kappa shape index (κ1) is 10.7. The largest absolute Gasteiger partial charge is 0.381 e. The average Bonchev–Trinajstić information content (AvgIpc) is 3.01. The second-order valence-electron chi connectivity index (χ2n) is 4.52. The van der Waals surface area contributed by atoms with Gasteiger partial charge in [-0.05, 0) is 25.6 Å². The van der Waals surface area contributed by atoms with Crippen molar-refractivity contribution in [2.75, 3.05) is 20.3 Å². The van der Waals surface area contributed by atoms with Crippen molar-refractivity contribution in [3.8, 4) is 0 Å². The SMILES string of the molecule is CNC(c1cnn2ccccc12)C1CCOC1. The molecule has 3 heterocycles. The van der Waals surface area contributed by atoms with Gasteiger partial charge in [-0.25, -0.2) is 4.52 Å². The molecule has 4 nitrogen and oxygen atoms in total. The van der Waals surface area contributed by atoms with Gasteiger partial charge in [0.15, 0.2) is 0 Å². The van der Waals surface area contributed by atoms with Crippen LogP contribution in [0.15, 0.2) is 30.6 Å². The number of nitrogens with zero attached hydrogens (tertiary/aromatic N) is 2. The van der Waals surface area contributed by atoms with Gasteiger partial charge in [-0.2, -0.15) is 5.10 Å². The maximum atomic E-state index is 5.48. The number of aromatic nitrogens is 2. The van der Waals surface area contributed by atoms with Crippen LogP contribution in [0.5, 0.6) is 0 Å². The van der Waals surface area contributed by atoms with Gasteiger partial charge in [0.25, 0.3) is 0 Å². The van der Waals surface area contributed by atoms with Crippen molar-refractivity contribution in [3.63, 3.8) is 0 Å². The molecule has 1 aliphatic rings. The third-order valence-corrected chi connectivity index (χ3v) is 3.54. The highest BCUT2D eigenvalue weighted by molar-refractivity contribution is 5.55. The summed E-state index contributed by atoms with van der Waals surface area (Å²) < 4.78 is 7.41. The molecule has 0 aromatic carbocycles. The number of hydrogen-bond acceptors (Lipinski definition) is 3. The van der Waals surface area contributed by atoms with E-state index in [0.717, 1.165) is 19.6 Å². The van der Waals surface area contributed by atoms with Crippen LogP contribution in [0.25, 0.3) is 5.52 Å². The molecular formula is C13H17N3O. The smallest absolute Gasteiger partial charge is 0.0709 e. The molecule has 17 heavy (non-hydrogen) atoms. The van der Waals surface area contributed by atoms with Gasteiger partial charge in [0, 0.05) is 30.3 Å². The Morgan fingerprint density at radius 1 is 1.53 bits per heavy atom. The number of nitrogens with one attached hydrogen (secondary N) is 1. The molecular weight excluding hydrogens is 214 g/mol. The van der Waals surface area contributed by atoms with Crippen LogP contribution in [-0.2, 0) is 4.74 Å². The number of fused-ring (bicyclic) bond motifs is 1. The number of rotatable bonds is 3. The molecule has 90 valence electrons. The summed E-state index contributed by atoms with van der Waals surface area (Å²) in [4.78, 5) is 0. The van der Waals surface area contributed by atoms with Crippen LogP contribution >= 0.6 is 0 Å². The van der Waals surface area contributed by atoms with Crippen molar-refractivity contribution in [3.05, 3.63) is 36.2 Å². The Morgan fingerprint density at radius 3 is 3.24 bits per heavy atom. The van der Waals surface area contributed by atoms with E-state index in [-0.39, 0.29) is 0 Å². The summed E-state index contributed by atoms with van der Waals surface area (Å²) in [6, 6.07) is 6.50. The number of pyridine rings is 1. The van der Waals surface area contributed by atoms with E-state index in [1.165, 1.54) is 11.1 Å². The van der Waals surface area contributed by atoms with Crippen molar-refractivity contribution in [2.24, 2.45) is 5.92 Å². The molecule has 0 amide bonds. The molecule has 1 aliphatic heterocycles. The van der Waals surface area contributed by atoms with Crippen LogP contribution in [0.4, 0.5) is 0 Å². The summed E-state index contributed by atoms with van der Waals surface area (Å²) in [6.45, 7) is 1.72. The summed E-state index contributed by atoms with van der Waals surface area (Å²) in [6.07, 6.45) is 5.07. The van der Waals surface area contributed by atoms with Crippen LogP contribution in [0, 0.1) is 5.92 Å². The third kappa shape index (κ3) is 1.83. The maximum absolute atomic E-state index is 5.48. The van der Waals surface area contributed by atoms with E-state index < -0.39 is 0 Å². The molecule has 0 spiro atoms. The molecule has 0 radical (unpaired) electrons. The van der Waals surface area contributed by atoms with Crippen molar-refractivity contribution < 1.29 is 4.74 Å². The highest BCUT2D eigenvalue weighted by Gasteiger charge is 2.27. The normalized spacial score (nSPS) is 22.1. The Labute approximate surface area is 101 Å². The minimum absolute atomic E-state index is 0.331. The lowest BCUT2D eigenvalue weighted by atomic mass is 9.93. The molecule has 2 aromatic rings. The summed E-state index contributed by atoms with van der Waals surface area (Å²) in [5.41, 5.74) is 2.45. The van der Waals surface area contributed by atoms with Gasteiger partial charge in [0.2, 0.25) is 0 Å². The Hall–Kier alpha value is -1.39. The molecule has 0 saturated carbocycles. The predicted molar refractivity (Wildman–Crippen MR) is 65.9 cm³/mol. The van der Waals surface area contributed by atoms with Gasteiger partial charge in [-0.1, -0.05) is 6.07 Å². The topological polar surface area (TPSA) is 38.6 Å². The zero-order chi connectivity index (χ0) is 11.7. The third-order valence-electron chi connectivity index (χ3n) is 3.54. The first-order valence-electron chi connectivity index (χ1n) is 6.07. The van der Waals surface area contributed by atoms with Crippen LogP contribution in [-0.4, -0.2) is 29.9 Å². The molecule has 0 aliphatic carbocycles. The van der Waals surface area contributed by atoms with Crippen molar-refractivity contribution in [1.82, 2.24) is 14.9 Å². The lowest BCUT2D eigenvalue weighted by Crippen LogP contribution is -2.25. The maximum Gasteiger partial charge on any atom is 0.0709 e. The van der Waals surface area contributed by atoms with Crippen molar-refractivity contribution >= 4 is 5.52 Å². The van der Waals surface area contributed by atoms with Crippen LogP contribution in [0.2, 0.25) is 0 Å². The molecule has 1 N–H and O–H groups in total. The number of hydrogen-bond donors (Lipinski definition) is 1. The van der Waals surface area contributed by atoms with E-state index in [4.69, 9.17) is 4.74 Å². The highest BCUT2D eigenvalue weighted by Crippen LogP contribution is 2.30. The highest BCUT2D eigenvalue weighted by atomic mass is 16.5. The predicted octanol–water partition coefficient (Wildman–Crippen LogP) is 1.63. The molecule has 3 rings (SSSR count). The zero-order valence-corrected chi connectivity index (χ0v) is 9.97. The van der Waals surface area contributed by atoms with Crippen molar-refractivity contribution in [2.45, 2.75) is 12.5 Å². The van der Waals surface area contributed by atoms with Gasteiger partial charge in [0.1, 0.15) is 0 Å². The van der Waals surface area contributed by atoms with Crippen LogP contribution in [0.1, 0.15) is 18.0 Å². The summed E-state index contributed by atoms with van der Waals surface area (Å²) in [7, 11) is 2.01. The van der Waals surface area contributed by atoms with Crippen molar-refractivity contribution in [1.29, 1.82) is 0 Å². The van der Waals surface area contributed by atoms with Crippen LogP contribution in [0.3, 0.4) is 0 Å². The summed E-state index contributed by atoms with van der Waals surface area (Å²) >= 11 is 0. The van der Waals surface area contributed by atoms with E-state index >= 15 is 0 Å². The molecule has 1 fully saturated rings. The minimum atomic E-state index is 0.331. The fourth-order valence-corrected chi connectivity index (χ4v) is 2.65. The lowest BCUT2D eigenvalue weighted by Gasteiger charge is -2.20. The first-order valence-corrected chi connectivity index (χ1v) is 6.07. The van der Waals surface area contributed by atoms with Gasteiger partial charge < -0.3 is 10.1 Å². The van der Waals surface area contributed by atoms with E-state index in [1.54, 1.807) is 0 Å². The Bertz CT molecular complexity index is 502. The standard InChI is InChI=1S/C13H17N3O/c1-14-13(10-5-7-17-9-10)11-8-15-16-6-3-2-4-12(11)16/h2-4,6,8,10,13-14H,5,7,9H2,1H3. The van der Waals surface area contributed by atoms with Gasteiger partial charge in [-0.15, -0.1) is 0 Å². The molecule has 0 bridgehead atoms. The Morgan fingerprint density at radius 2 is 2.47 bits per heavy atom. The second kappa shape index (κ2) is 4.47. The fraction of sp³-hybridized carbons (Fsp3) is 0.462. The molecule has 2 aromatic heterocycles. The summed E-state index contributed by atoms with van der Waals surface area (Å²) in [5, 5.41) is 7.80. The van der Waals surface area contributed by atoms with Gasteiger partial charge in [-0.3, -0.25) is 0 Å². The summed E-state index contributed by atoms with van der Waals surface area (Å²) in [5.74, 6) is 0.549. The van der Waals surface area contributed by atoms with E-state index in [1.807, 2.05) is 30.0 Å². The van der Waals surface area contributed by atoms with Crippen LogP contribution < -0.4 is 5.32 Å². The monoisotopic (exact) mass is 231 g/mol. The number of ether oxygens (including phenoxy) is 1. The zero-order valence-electron chi connectivity index (χ0n) is 9.97.